The van der Waals surface area contributed by atoms with E-state index < -0.39 is 17.0 Å². The SMILES string of the molecule is CC(C)(C)OC(=O)NC1CCC(SCc2nc3cc(OCC4CCOCC4)cc(F)c3c(=O)[nH]2)CC1. The standard InChI is InChI=1S/C26H36FN3O5S/c1-26(2,3)35-25(32)28-17-4-6-19(7-5-17)36-15-22-29-21-13-18(12-20(27)23(21)24(31)30-22)34-14-16-8-10-33-11-9-16/h12-13,16-17,19H,4-11,14-15H2,1-3H3,(H,28,32)(H,29,30,31). The van der Waals surface area contributed by atoms with E-state index >= 15 is 0 Å². The third kappa shape index (κ3) is 7.59. The number of fused-ring (bicyclic) bond motifs is 1. The van der Waals surface area contributed by atoms with Crippen molar-refractivity contribution in [2.24, 2.45) is 5.92 Å². The van der Waals surface area contributed by atoms with Crippen LogP contribution in [0.25, 0.3) is 10.9 Å². The average Bonchev–Trinajstić information content (AvgIpc) is 2.81. The van der Waals surface area contributed by atoms with Crippen LogP contribution in [0, 0.1) is 11.7 Å². The van der Waals surface area contributed by atoms with Crippen LogP contribution in [0.5, 0.6) is 5.75 Å². The van der Waals surface area contributed by atoms with Crippen molar-refractivity contribution in [2.45, 2.75) is 81.9 Å². The van der Waals surface area contributed by atoms with Crippen LogP contribution < -0.4 is 15.6 Å². The number of aromatic nitrogens is 2. The van der Waals surface area contributed by atoms with Crippen LogP contribution in [0.15, 0.2) is 16.9 Å². The molecular weight excluding hydrogens is 485 g/mol. The maximum absolute atomic E-state index is 14.7. The number of benzene rings is 1. The van der Waals surface area contributed by atoms with Gasteiger partial charge in [-0.05, 0) is 65.2 Å². The molecule has 1 saturated carbocycles. The van der Waals surface area contributed by atoms with E-state index in [0.717, 1.165) is 51.7 Å². The smallest absolute Gasteiger partial charge is 0.407 e. The summed E-state index contributed by atoms with van der Waals surface area (Å²) in [5.74, 6) is 1.19. The van der Waals surface area contributed by atoms with E-state index in [9.17, 15) is 14.0 Å². The van der Waals surface area contributed by atoms with E-state index in [4.69, 9.17) is 14.2 Å². The third-order valence-electron chi connectivity index (χ3n) is 6.46. The van der Waals surface area contributed by atoms with E-state index in [0.29, 0.717) is 40.6 Å². The third-order valence-corrected chi connectivity index (χ3v) is 7.84. The first-order valence-corrected chi connectivity index (χ1v) is 13.8. The fourth-order valence-corrected chi connectivity index (χ4v) is 5.71. The maximum Gasteiger partial charge on any atom is 0.407 e. The number of hydrogen-bond acceptors (Lipinski definition) is 7. The van der Waals surface area contributed by atoms with Gasteiger partial charge in [0.25, 0.3) is 5.56 Å². The van der Waals surface area contributed by atoms with Gasteiger partial charge < -0.3 is 24.5 Å². The predicted molar refractivity (Wildman–Crippen MR) is 138 cm³/mol. The zero-order valence-electron chi connectivity index (χ0n) is 21.2. The van der Waals surface area contributed by atoms with E-state index in [1.165, 1.54) is 6.07 Å². The summed E-state index contributed by atoms with van der Waals surface area (Å²) < 4.78 is 31.3. The fourth-order valence-electron chi connectivity index (χ4n) is 4.57. The minimum Gasteiger partial charge on any atom is -0.493 e. The van der Waals surface area contributed by atoms with Gasteiger partial charge in [-0.3, -0.25) is 4.79 Å². The lowest BCUT2D eigenvalue weighted by Crippen LogP contribution is -2.41. The van der Waals surface area contributed by atoms with Crippen molar-refractivity contribution in [2.75, 3.05) is 19.8 Å². The van der Waals surface area contributed by atoms with Crippen LogP contribution in [0.1, 0.15) is 65.1 Å². The quantitative estimate of drug-likeness (QED) is 0.532. The number of hydrogen-bond donors (Lipinski definition) is 2. The highest BCUT2D eigenvalue weighted by atomic mass is 32.2. The number of carbonyl (C=O) groups is 1. The summed E-state index contributed by atoms with van der Waals surface area (Å²) >= 11 is 1.72. The van der Waals surface area contributed by atoms with Gasteiger partial charge >= 0.3 is 6.09 Å². The Morgan fingerprint density at radius 1 is 1.19 bits per heavy atom. The number of rotatable bonds is 7. The molecule has 1 aromatic heterocycles. The molecule has 2 aromatic rings. The van der Waals surface area contributed by atoms with E-state index in [1.807, 2.05) is 20.8 Å². The van der Waals surface area contributed by atoms with Crippen molar-refractivity contribution in [1.29, 1.82) is 0 Å². The van der Waals surface area contributed by atoms with Gasteiger partial charge in [0.1, 0.15) is 28.4 Å². The van der Waals surface area contributed by atoms with Crippen molar-refractivity contribution >= 4 is 28.8 Å². The molecule has 1 aromatic carbocycles. The first-order chi connectivity index (χ1) is 17.2. The van der Waals surface area contributed by atoms with Gasteiger partial charge in [-0.25, -0.2) is 14.2 Å². The Kier molecular flexibility index (Phi) is 8.77. The second kappa shape index (κ2) is 11.8. The maximum atomic E-state index is 14.7. The van der Waals surface area contributed by atoms with Gasteiger partial charge in [-0.1, -0.05) is 0 Å². The molecule has 198 valence electrons. The lowest BCUT2D eigenvalue weighted by Gasteiger charge is -2.29. The number of aromatic amines is 1. The first-order valence-electron chi connectivity index (χ1n) is 12.7. The number of halogens is 1. The molecule has 1 aliphatic carbocycles. The summed E-state index contributed by atoms with van der Waals surface area (Å²) in [4.78, 5) is 31.9. The Morgan fingerprint density at radius 2 is 1.92 bits per heavy atom. The van der Waals surface area contributed by atoms with Gasteiger partial charge in [0.05, 0.1) is 17.9 Å². The molecule has 4 rings (SSSR count). The summed E-state index contributed by atoms with van der Waals surface area (Å²) in [6.07, 6.45) is 5.11. The van der Waals surface area contributed by atoms with Gasteiger partial charge in [-0.2, -0.15) is 11.8 Å². The van der Waals surface area contributed by atoms with Crippen LogP contribution in [0.4, 0.5) is 9.18 Å². The molecule has 36 heavy (non-hydrogen) atoms. The van der Waals surface area contributed by atoms with Crippen molar-refractivity contribution in [3.63, 3.8) is 0 Å². The molecule has 8 nitrogen and oxygen atoms in total. The molecule has 1 amide bonds. The first kappa shape index (κ1) is 26.7. The molecule has 0 unspecified atom stereocenters. The van der Waals surface area contributed by atoms with Crippen LogP contribution >= 0.6 is 11.8 Å². The molecular formula is C26H36FN3O5S. The molecule has 2 N–H and O–H groups in total. The number of ether oxygens (including phenoxy) is 3. The minimum atomic E-state index is -0.627. The molecule has 10 heteroatoms. The van der Waals surface area contributed by atoms with Gasteiger partial charge in [0.15, 0.2) is 0 Å². The Morgan fingerprint density at radius 3 is 2.61 bits per heavy atom. The molecule has 2 aliphatic rings. The number of carbonyl (C=O) groups excluding carboxylic acids is 1. The Balaban J connectivity index is 1.32. The van der Waals surface area contributed by atoms with Crippen LogP contribution in [0.2, 0.25) is 0 Å². The van der Waals surface area contributed by atoms with E-state index in [1.54, 1.807) is 17.8 Å². The second-order valence-corrected chi connectivity index (χ2v) is 11.9. The van der Waals surface area contributed by atoms with Gasteiger partial charge in [-0.15, -0.1) is 0 Å². The second-order valence-electron chi connectivity index (χ2n) is 10.6. The van der Waals surface area contributed by atoms with E-state index in [-0.39, 0.29) is 17.5 Å². The van der Waals surface area contributed by atoms with Crippen molar-refractivity contribution in [3.8, 4) is 5.75 Å². The Hall–Kier alpha value is -2.33. The lowest BCUT2D eigenvalue weighted by atomic mass is 9.95. The monoisotopic (exact) mass is 521 g/mol. The highest BCUT2D eigenvalue weighted by Crippen LogP contribution is 2.31. The van der Waals surface area contributed by atoms with E-state index in [2.05, 4.69) is 15.3 Å². The molecule has 0 bridgehead atoms. The van der Waals surface area contributed by atoms with Crippen LogP contribution in [-0.4, -0.2) is 52.8 Å². The highest BCUT2D eigenvalue weighted by Gasteiger charge is 2.25. The van der Waals surface area contributed by atoms with Gasteiger partial charge in [0.2, 0.25) is 0 Å². The number of nitrogens with one attached hydrogen (secondary N) is 2. The molecule has 0 atom stereocenters. The summed E-state index contributed by atoms with van der Waals surface area (Å²) in [6.45, 7) is 7.48. The van der Waals surface area contributed by atoms with Crippen LogP contribution in [0.3, 0.4) is 0 Å². The molecule has 2 fully saturated rings. The summed E-state index contributed by atoms with van der Waals surface area (Å²) in [6, 6.07) is 3.02. The minimum absolute atomic E-state index is 0.0455. The highest BCUT2D eigenvalue weighted by molar-refractivity contribution is 7.99. The number of H-pyrrole nitrogens is 1. The lowest BCUT2D eigenvalue weighted by molar-refractivity contribution is 0.0493. The molecule has 1 aliphatic heterocycles. The zero-order chi connectivity index (χ0) is 25.7. The Labute approximate surface area is 215 Å². The largest absolute Gasteiger partial charge is 0.493 e. The van der Waals surface area contributed by atoms with Crippen LogP contribution in [-0.2, 0) is 15.2 Å². The number of alkyl carbamates (subject to hydrolysis) is 1. The van der Waals surface area contributed by atoms with Crippen molar-refractivity contribution < 1.29 is 23.4 Å². The fraction of sp³-hybridized carbons (Fsp3) is 0.654. The Bertz CT molecular complexity index is 1110. The zero-order valence-corrected chi connectivity index (χ0v) is 22.0. The molecule has 0 spiro atoms. The summed E-state index contributed by atoms with van der Waals surface area (Å²) in [5, 5.41) is 3.31. The number of nitrogens with zero attached hydrogens (tertiary/aromatic N) is 1. The predicted octanol–water partition coefficient (Wildman–Crippen LogP) is 4.94. The number of thioether (sulfide) groups is 1. The molecule has 1 saturated heterocycles. The average molecular weight is 522 g/mol. The summed E-state index contributed by atoms with van der Waals surface area (Å²) in [5.41, 5.74) is -0.683. The van der Waals surface area contributed by atoms with Crippen molar-refractivity contribution in [3.05, 3.63) is 34.1 Å². The van der Waals surface area contributed by atoms with Crippen molar-refractivity contribution in [1.82, 2.24) is 15.3 Å². The normalized spacial score (nSPS) is 21.3. The summed E-state index contributed by atoms with van der Waals surface area (Å²) in [7, 11) is 0. The molecule has 2 heterocycles. The molecule has 0 radical (unpaired) electrons. The van der Waals surface area contributed by atoms with Gasteiger partial charge in [0, 0.05) is 36.6 Å². The number of amides is 1. The topological polar surface area (TPSA) is 103 Å².